The van der Waals surface area contributed by atoms with Gasteiger partial charge < -0.3 is 15.4 Å². The summed E-state index contributed by atoms with van der Waals surface area (Å²) in [4.78, 5) is 10.9. The number of morpholine rings is 1. The Morgan fingerprint density at radius 1 is 1.14 bits per heavy atom. The summed E-state index contributed by atoms with van der Waals surface area (Å²) >= 11 is 0. The molecule has 1 aliphatic rings. The lowest BCUT2D eigenvalue weighted by molar-refractivity contribution is 0.122. The summed E-state index contributed by atoms with van der Waals surface area (Å²) in [5.74, 6) is 1.19. The van der Waals surface area contributed by atoms with Gasteiger partial charge in [0.2, 0.25) is 5.95 Å². The van der Waals surface area contributed by atoms with Gasteiger partial charge in [-0.2, -0.15) is 4.98 Å². The van der Waals surface area contributed by atoms with Crippen LogP contribution < -0.4 is 10.6 Å². The molecule has 1 fully saturated rings. The molecule has 1 aromatic carbocycles. The molecule has 2 heterocycles. The standard InChI is InChI=1S/C16H20N4O/c1-2-12-3-5-13(6-4-12)14-11-15(19-16(17)18-14)20-7-9-21-10-8-20/h3-6,11H,2,7-10H2,1H3,(H2,17,18,19). The number of nitrogen functional groups attached to an aromatic ring is 1. The molecule has 0 spiro atoms. The number of hydrogen-bond acceptors (Lipinski definition) is 5. The van der Waals surface area contributed by atoms with Crippen LogP contribution in [0.4, 0.5) is 11.8 Å². The van der Waals surface area contributed by atoms with Crippen LogP contribution >= 0.6 is 0 Å². The lowest BCUT2D eigenvalue weighted by Crippen LogP contribution is -2.36. The van der Waals surface area contributed by atoms with Crippen molar-refractivity contribution in [2.45, 2.75) is 13.3 Å². The van der Waals surface area contributed by atoms with E-state index in [1.54, 1.807) is 0 Å². The zero-order chi connectivity index (χ0) is 14.7. The fourth-order valence-electron chi connectivity index (χ4n) is 2.47. The Kier molecular flexibility index (Phi) is 4.01. The van der Waals surface area contributed by atoms with Crippen LogP contribution in [0.25, 0.3) is 11.3 Å². The Labute approximate surface area is 124 Å². The Morgan fingerprint density at radius 3 is 2.52 bits per heavy atom. The minimum atomic E-state index is 0.313. The van der Waals surface area contributed by atoms with E-state index in [1.807, 2.05) is 6.07 Å². The normalized spacial score (nSPS) is 15.2. The van der Waals surface area contributed by atoms with Gasteiger partial charge in [-0.3, -0.25) is 0 Å². The summed E-state index contributed by atoms with van der Waals surface area (Å²) in [5, 5.41) is 0. The molecule has 5 nitrogen and oxygen atoms in total. The number of benzene rings is 1. The number of aromatic nitrogens is 2. The summed E-state index contributed by atoms with van der Waals surface area (Å²) in [6, 6.07) is 10.4. The molecule has 110 valence electrons. The van der Waals surface area contributed by atoms with E-state index in [0.29, 0.717) is 5.95 Å². The van der Waals surface area contributed by atoms with Crippen molar-refractivity contribution in [2.75, 3.05) is 36.9 Å². The molecule has 0 atom stereocenters. The number of rotatable bonds is 3. The highest BCUT2D eigenvalue weighted by Crippen LogP contribution is 2.23. The number of nitrogens with two attached hydrogens (primary N) is 1. The topological polar surface area (TPSA) is 64.3 Å². The molecule has 5 heteroatoms. The highest BCUT2D eigenvalue weighted by atomic mass is 16.5. The smallest absolute Gasteiger partial charge is 0.222 e. The second-order valence-electron chi connectivity index (χ2n) is 5.12. The Bertz CT molecular complexity index is 606. The van der Waals surface area contributed by atoms with Gasteiger partial charge in [0.1, 0.15) is 5.82 Å². The van der Waals surface area contributed by atoms with Crippen molar-refractivity contribution in [1.29, 1.82) is 0 Å². The number of ether oxygens (including phenoxy) is 1. The fraction of sp³-hybridized carbons (Fsp3) is 0.375. The minimum Gasteiger partial charge on any atom is -0.378 e. The van der Waals surface area contributed by atoms with Crippen molar-refractivity contribution in [1.82, 2.24) is 9.97 Å². The number of aryl methyl sites for hydroxylation is 1. The largest absolute Gasteiger partial charge is 0.378 e. The monoisotopic (exact) mass is 284 g/mol. The molecule has 0 amide bonds. The molecule has 2 aromatic rings. The van der Waals surface area contributed by atoms with Gasteiger partial charge in [-0.15, -0.1) is 0 Å². The maximum absolute atomic E-state index is 5.88. The van der Waals surface area contributed by atoms with E-state index in [-0.39, 0.29) is 0 Å². The highest BCUT2D eigenvalue weighted by molar-refractivity contribution is 5.64. The van der Waals surface area contributed by atoms with Crippen molar-refractivity contribution in [3.8, 4) is 11.3 Å². The predicted octanol–water partition coefficient (Wildman–Crippen LogP) is 2.12. The van der Waals surface area contributed by atoms with Gasteiger partial charge in [-0.05, 0) is 12.0 Å². The van der Waals surface area contributed by atoms with Gasteiger partial charge in [0, 0.05) is 24.7 Å². The lowest BCUT2D eigenvalue weighted by atomic mass is 10.1. The Hall–Kier alpha value is -2.14. The molecular weight excluding hydrogens is 264 g/mol. The minimum absolute atomic E-state index is 0.313. The zero-order valence-electron chi connectivity index (χ0n) is 12.2. The van der Waals surface area contributed by atoms with Crippen LogP contribution in [0, 0.1) is 0 Å². The maximum Gasteiger partial charge on any atom is 0.222 e. The van der Waals surface area contributed by atoms with Gasteiger partial charge in [0.05, 0.1) is 18.9 Å². The third kappa shape index (κ3) is 3.13. The molecule has 3 rings (SSSR count). The summed E-state index contributed by atoms with van der Waals surface area (Å²) in [5.41, 5.74) is 9.13. The molecule has 21 heavy (non-hydrogen) atoms. The molecule has 0 saturated carbocycles. The molecule has 0 aliphatic carbocycles. The van der Waals surface area contributed by atoms with Gasteiger partial charge in [-0.1, -0.05) is 31.2 Å². The van der Waals surface area contributed by atoms with Crippen LogP contribution in [0.1, 0.15) is 12.5 Å². The zero-order valence-corrected chi connectivity index (χ0v) is 12.2. The fourth-order valence-corrected chi connectivity index (χ4v) is 2.47. The summed E-state index contributed by atoms with van der Waals surface area (Å²) < 4.78 is 5.38. The van der Waals surface area contributed by atoms with Gasteiger partial charge in [0.25, 0.3) is 0 Å². The van der Waals surface area contributed by atoms with E-state index in [1.165, 1.54) is 5.56 Å². The van der Waals surface area contributed by atoms with Crippen LogP contribution in [0.3, 0.4) is 0 Å². The van der Waals surface area contributed by atoms with E-state index in [0.717, 1.165) is 49.8 Å². The number of hydrogen-bond donors (Lipinski definition) is 1. The quantitative estimate of drug-likeness (QED) is 0.935. The van der Waals surface area contributed by atoms with Crippen LogP contribution in [0.2, 0.25) is 0 Å². The maximum atomic E-state index is 5.88. The van der Waals surface area contributed by atoms with Crippen LogP contribution in [0.15, 0.2) is 30.3 Å². The first-order chi connectivity index (χ1) is 10.3. The molecule has 0 unspecified atom stereocenters. The molecule has 2 N–H and O–H groups in total. The second-order valence-corrected chi connectivity index (χ2v) is 5.12. The molecule has 1 aromatic heterocycles. The summed E-state index contributed by atoms with van der Waals surface area (Å²) in [6.45, 7) is 5.28. The van der Waals surface area contributed by atoms with E-state index in [2.05, 4.69) is 46.1 Å². The van der Waals surface area contributed by atoms with Gasteiger partial charge in [-0.25, -0.2) is 4.98 Å². The summed E-state index contributed by atoms with van der Waals surface area (Å²) in [7, 11) is 0. The van der Waals surface area contributed by atoms with Crippen molar-refractivity contribution in [3.05, 3.63) is 35.9 Å². The van der Waals surface area contributed by atoms with Gasteiger partial charge in [0.15, 0.2) is 0 Å². The number of anilines is 2. The Balaban J connectivity index is 1.92. The number of nitrogens with zero attached hydrogens (tertiary/aromatic N) is 3. The average Bonchev–Trinajstić information content (AvgIpc) is 2.55. The molecule has 1 saturated heterocycles. The molecule has 1 aliphatic heterocycles. The van der Waals surface area contributed by atoms with Crippen molar-refractivity contribution in [3.63, 3.8) is 0 Å². The van der Waals surface area contributed by atoms with Gasteiger partial charge >= 0.3 is 0 Å². The van der Waals surface area contributed by atoms with E-state index < -0.39 is 0 Å². The van der Waals surface area contributed by atoms with Crippen LogP contribution in [0.5, 0.6) is 0 Å². The van der Waals surface area contributed by atoms with E-state index >= 15 is 0 Å². The first-order valence-electron chi connectivity index (χ1n) is 7.33. The first-order valence-corrected chi connectivity index (χ1v) is 7.33. The summed E-state index contributed by atoms with van der Waals surface area (Å²) in [6.07, 6.45) is 1.03. The molecule has 0 bridgehead atoms. The highest BCUT2D eigenvalue weighted by Gasteiger charge is 2.14. The predicted molar refractivity (Wildman–Crippen MR) is 84.3 cm³/mol. The van der Waals surface area contributed by atoms with E-state index in [4.69, 9.17) is 10.5 Å². The van der Waals surface area contributed by atoms with E-state index in [9.17, 15) is 0 Å². The third-order valence-electron chi connectivity index (χ3n) is 3.72. The van der Waals surface area contributed by atoms with Crippen molar-refractivity contribution >= 4 is 11.8 Å². The third-order valence-corrected chi connectivity index (χ3v) is 3.72. The average molecular weight is 284 g/mol. The Morgan fingerprint density at radius 2 is 1.86 bits per heavy atom. The molecule has 0 radical (unpaired) electrons. The van der Waals surface area contributed by atoms with Crippen LogP contribution in [-0.4, -0.2) is 36.3 Å². The molecular formula is C16H20N4O. The van der Waals surface area contributed by atoms with Crippen molar-refractivity contribution < 1.29 is 4.74 Å². The second kappa shape index (κ2) is 6.10. The van der Waals surface area contributed by atoms with Crippen molar-refractivity contribution in [2.24, 2.45) is 0 Å². The lowest BCUT2D eigenvalue weighted by Gasteiger charge is -2.28. The van der Waals surface area contributed by atoms with Crippen LogP contribution in [-0.2, 0) is 11.2 Å². The SMILES string of the molecule is CCc1ccc(-c2cc(N3CCOCC3)nc(N)n2)cc1. The first kappa shape index (κ1) is 13.8.